The van der Waals surface area contributed by atoms with Crippen molar-refractivity contribution in [3.8, 4) is 12.3 Å². The Morgan fingerprint density at radius 3 is 2.57 bits per heavy atom. The Hall–Kier alpha value is -2.15. The zero-order chi connectivity index (χ0) is 20.3. The number of ketones is 2. The molecule has 4 aliphatic carbocycles. The zero-order valence-corrected chi connectivity index (χ0v) is 17.1. The third kappa shape index (κ3) is 2.55. The number of hydrogen-bond donors (Lipinski definition) is 1. The number of carbonyl (C=O) groups excluding carboxylic acids is 3. The van der Waals surface area contributed by atoms with E-state index in [4.69, 9.17) is 6.42 Å². The zero-order valence-electron chi connectivity index (χ0n) is 17.1. The molecule has 0 bridgehead atoms. The van der Waals surface area contributed by atoms with Crippen molar-refractivity contribution in [1.82, 2.24) is 5.32 Å². The minimum atomic E-state index is -0.239. The number of Topliss-reactive ketones (excluding diaryl/α,β-unsaturated/α-hetero) is 2. The second-order valence-electron chi connectivity index (χ2n) is 9.57. The van der Waals surface area contributed by atoms with Gasteiger partial charge in [-0.25, -0.2) is 0 Å². The first-order chi connectivity index (χ1) is 13.2. The maximum absolute atomic E-state index is 12.7. The van der Waals surface area contributed by atoms with Crippen molar-refractivity contribution in [3.63, 3.8) is 0 Å². The van der Waals surface area contributed by atoms with Crippen LogP contribution in [0.4, 0.5) is 0 Å². The molecule has 4 rings (SSSR count). The molecule has 2 saturated carbocycles. The molecule has 0 spiro atoms. The van der Waals surface area contributed by atoms with Crippen LogP contribution in [0.5, 0.6) is 0 Å². The summed E-state index contributed by atoms with van der Waals surface area (Å²) in [5.74, 6) is 3.98. The summed E-state index contributed by atoms with van der Waals surface area (Å²) in [5.41, 5.74) is 2.19. The summed E-state index contributed by atoms with van der Waals surface area (Å²) in [4.78, 5) is 37.1. The number of carbonyl (C=O) groups is 3. The molecule has 4 heteroatoms. The van der Waals surface area contributed by atoms with E-state index in [9.17, 15) is 14.4 Å². The molecular formula is C24H29NO3. The van der Waals surface area contributed by atoms with E-state index in [2.05, 4.69) is 31.2 Å². The monoisotopic (exact) mass is 379 g/mol. The van der Waals surface area contributed by atoms with Crippen molar-refractivity contribution in [2.24, 2.45) is 28.6 Å². The summed E-state index contributed by atoms with van der Waals surface area (Å²) in [5, 5.41) is 2.82. The largest absolute Gasteiger partial charge is 0.323 e. The minimum absolute atomic E-state index is 0.00845. The highest BCUT2D eigenvalue weighted by atomic mass is 16.2. The smallest absolute Gasteiger partial charge is 0.221 e. The highest BCUT2D eigenvalue weighted by molar-refractivity contribution is 6.01. The van der Waals surface area contributed by atoms with E-state index in [1.807, 2.05) is 0 Å². The van der Waals surface area contributed by atoms with E-state index in [0.717, 1.165) is 31.3 Å². The first-order valence-corrected chi connectivity index (χ1v) is 10.4. The van der Waals surface area contributed by atoms with E-state index < -0.39 is 0 Å². The molecule has 0 heterocycles. The van der Waals surface area contributed by atoms with E-state index >= 15 is 0 Å². The Bertz CT molecular complexity index is 873. The molecule has 1 N–H and O–H groups in total. The third-order valence-electron chi connectivity index (χ3n) is 8.20. The number of rotatable bonds is 2. The number of allylic oxidation sites excluding steroid dienone is 4. The molecule has 0 unspecified atom stereocenters. The highest BCUT2D eigenvalue weighted by Crippen LogP contribution is 2.65. The van der Waals surface area contributed by atoms with E-state index in [-0.39, 0.29) is 22.5 Å². The normalized spacial score (nSPS) is 39.5. The Balaban J connectivity index is 1.90. The lowest BCUT2D eigenvalue weighted by atomic mass is 9.47. The summed E-state index contributed by atoms with van der Waals surface area (Å²) >= 11 is 0. The van der Waals surface area contributed by atoms with Crippen LogP contribution in [0.1, 0.15) is 65.7 Å². The molecule has 4 aliphatic rings. The van der Waals surface area contributed by atoms with Crippen LogP contribution in [0.25, 0.3) is 0 Å². The highest BCUT2D eigenvalue weighted by Gasteiger charge is 2.60. The van der Waals surface area contributed by atoms with Gasteiger partial charge in [-0.3, -0.25) is 14.4 Å². The lowest BCUT2D eigenvalue weighted by molar-refractivity contribution is -0.131. The van der Waals surface area contributed by atoms with Crippen molar-refractivity contribution in [2.45, 2.75) is 65.7 Å². The molecule has 28 heavy (non-hydrogen) atoms. The predicted molar refractivity (Wildman–Crippen MR) is 107 cm³/mol. The molecule has 0 radical (unpaired) electrons. The maximum Gasteiger partial charge on any atom is 0.221 e. The van der Waals surface area contributed by atoms with Gasteiger partial charge >= 0.3 is 0 Å². The molecule has 0 aromatic heterocycles. The summed E-state index contributed by atoms with van der Waals surface area (Å²) in [6.45, 7) is 5.84. The summed E-state index contributed by atoms with van der Waals surface area (Å²) in [7, 11) is 0. The Morgan fingerprint density at radius 2 is 1.89 bits per heavy atom. The first kappa shape index (κ1) is 19.2. The van der Waals surface area contributed by atoms with Gasteiger partial charge in [0.15, 0.2) is 5.78 Å². The topological polar surface area (TPSA) is 63.2 Å². The van der Waals surface area contributed by atoms with Crippen LogP contribution in [0.3, 0.4) is 0 Å². The average molecular weight is 380 g/mol. The fraction of sp³-hybridized carbons (Fsp3) is 0.625. The molecule has 0 saturated heterocycles. The summed E-state index contributed by atoms with van der Waals surface area (Å²) in [6.07, 6.45) is 13.1. The SMILES string of the molecule is C#CCC1=CC2=C(NC(C)=O)C(=O)CC[C@]2(C)[C@H]2CC[C@]3(C)C(=O)CC[C@H]3[C@H]12. The second kappa shape index (κ2) is 6.44. The van der Waals surface area contributed by atoms with E-state index in [0.29, 0.717) is 48.5 Å². The van der Waals surface area contributed by atoms with Crippen molar-refractivity contribution >= 4 is 17.5 Å². The van der Waals surface area contributed by atoms with Gasteiger partial charge in [-0.15, -0.1) is 12.3 Å². The van der Waals surface area contributed by atoms with Gasteiger partial charge in [0.2, 0.25) is 5.91 Å². The minimum Gasteiger partial charge on any atom is -0.323 e. The van der Waals surface area contributed by atoms with Crippen LogP contribution in [-0.4, -0.2) is 17.5 Å². The van der Waals surface area contributed by atoms with Gasteiger partial charge in [0.25, 0.3) is 0 Å². The predicted octanol–water partition coefficient (Wildman–Crippen LogP) is 3.72. The molecule has 2 fully saturated rings. The second-order valence-corrected chi connectivity index (χ2v) is 9.57. The Morgan fingerprint density at radius 1 is 1.18 bits per heavy atom. The van der Waals surface area contributed by atoms with Crippen LogP contribution in [-0.2, 0) is 14.4 Å². The van der Waals surface area contributed by atoms with Gasteiger partial charge in [0, 0.05) is 31.6 Å². The van der Waals surface area contributed by atoms with Crippen LogP contribution < -0.4 is 5.32 Å². The van der Waals surface area contributed by atoms with E-state index in [1.165, 1.54) is 12.5 Å². The molecule has 0 aromatic rings. The quantitative estimate of drug-likeness (QED) is 0.744. The average Bonchev–Trinajstić information content (AvgIpc) is 2.94. The fourth-order valence-electron chi connectivity index (χ4n) is 6.72. The van der Waals surface area contributed by atoms with Crippen LogP contribution in [0.15, 0.2) is 22.9 Å². The van der Waals surface area contributed by atoms with Crippen molar-refractivity contribution in [3.05, 3.63) is 22.9 Å². The lowest BCUT2D eigenvalue weighted by Gasteiger charge is -2.56. The van der Waals surface area contributed by atoms with Gasteiger partial charge < -0.3 is 5.32 Å². The standard InChI is InChI=1S/C24H29NO3/c1-5-6-15-13-18-22(25-14(2)26)19(27)10-12-23(18,3)17-9-11-24(4)16(21(15)17)7-8-20(24)28/h1,13,16-17,21H,6-12H2,2-4H3,(H,25,26)/t16-,17-,21-,23+,24-/m0/s1. The molecule has 4 nitrogen and oxygen atoms in total. The van der Waals surface area contributed by atoms with Crippen molar-refractivity contribution in [1.29, 1.82) is 0 Å². The summed E-state index contributed by atoms with van der Waals surface area (Å²) < 4.78 is 0. The molecule has 0 aromatic carbocycles. The van der Waals surface area contributed by atoms with Crippen LogP contribution in [0, 0.1) is 40.9 Å². The third-order valence-corrected chi connectivity index (χ3v) is 8.20. The fourth-order valence-corrected chi connectivity index (χ4v) is 6.72. The van der Waals surface area contributed by atoms with Crippen LogP contribution >= 0.6 is 0 Å². The van der Waals surface area contributed by atoms with Crippen molar-refractivity contribution in [2.75, 3.05) is 0 Å². The maximum atomic E-state index is 12.7. The van der Waals surface area contributed by atoms with Gasteiger partial charge in [-0.1, -0.05) is 25.5 Å². The number of fused-ring (bicyclic) bond motifs is 5. The molecule has 148 valence electrons. The van der Waals surface area contributed by atoms with Crippen molar-refractivity contribution < 1.29 is 14.4 Å². The Kier molecular flexibility index (Phi) is 4.41. The number of amides is 1. The van der Waals surface area contributed by atoms with E-state index in [1.54, 1.807) is 0 Å². The first-order valence-electron chi connectivity index (χ1n) is 10.4. The molecule has 0 aliphatic heterocycles. The van der Waals surface area contributed by atoms with Crippen LogP contribution in [0.2, 0.25) is 0 Å². The van der Waals surface area contributed by atoms with Gasteiger partial charge in [-0.05, 0) is 54.4 Å². The number of nitrogens with one attached hydrogen (secondary N) is 1. The number of hydrogen-bond acceptors (Lipinski definition) is 3. The van der Waals surface area contributed by atoms with Gasteiger partial charge in [-0.2, -0.15) is 0 Å². The lowest BCUT2D eigenvalue weighted by Crippen LogP contribution is -2.51. The molecule has 5 atom stereocenters. The molecule has 1 amide bonds. The molecular weight excluding hydrogens is 350 g/mol. The van der Waals surface area contributed by atoms with Gasteiger partial charge in [0.1, 0.15) is 5.78 Å². The number of terminal acetylenes is 1. The van der Waals surface area contributed by atoms with Gasteiger partial charge in [0.05, 0.1) is 5.70 Å². The Labute approximate surface area is 167 Å². The summed E-state index contributed by atoms with van der Waals surface area (Å²) in [6, 6.07) is 0.